The van der Waals surface area contributed by atoms with E-state index in [1.165, 1.54) is 0 Å². The van der Waals surface area contributed by atoms with Crippen molar-refractivity contribution in [2.24, 2.45) is 0 Å². The second kappa shape index (κ2) is 6.55. The van der Waals surface area contributed by atoms with Gasteiger partial charge in [0.25, 0.3) is 0 Å². The second-order valence-corrected chi connectivity index (χ2v) is 5.66. The molecule has 0 aliphatic rings. The van der Waals surface area contributed by atoms with Crippen molar-refractivity contribution in [3.05, 3.63) is 6.92 Å². The van der Waals surface area contributed by atoms with Gasteiger partial charge in [-0.05, 0) is 48.0 Å². The zero-order chi connectivity index (χ0) is 12.8. The topological polar surface area (TPSA) is 36.9 Å². The summed E-state index contributed by atoms with van der Waals surface area (Å²) < 4.78 is 0. The van der Waals surface area contributed by atoms with Crippen LogP contribution in [0.15, 0.2) is 0 Å². The molecule has 1 radical (unpaired) electrons. The maximum absolute atomic E-state index is 5.18. The molecular weight excluding hydrogens is 208 g/mol. The fourth-order valence-corrected chi connectivity index (χ4v) is 0.675. The molecule has 16 heavy (non-hydrogen) atoms. The Labute approximate surface area is 99.1 Å². The second-order valence-electron chi connectivity index (χ2n) is 5.66. The van der Waals surface area contributed by atoms with Crippen LogP contribution in [-0.4, -0.2) is 17.5 Å². The van der Waals surface area contributed by atoms with Crippen molar-refractivity contribution in [2.75, 3.05) is 0 Å². The molecule has 0 fully saturated rings. The molecule has 0 saturated heterocycles. The summed E-state index contributed by atoms with van der Waals surface area (Å²) in [5.41, 5.74) is -0.741. The van der Waals surface area contributed by atoms with Crippen LogP contribution in [0.1, 0.15) is 54.4 Å². The summed E-state index contributed by atoms with van der Waals surface area (Å²) in [6.07, 6.45) is 0.758. The van der Waals surface area contributed by atoms with E-state index >= 15 is 0 Å². The van der Waals surface area contributed by atoms with Crippen LogP contribution in [0, 0.1) is 6.92 Å². The van der Waals surface area contributed by atoms with Crippen LogP contribution < -0.4 is 0 Å². The van der Waals surface area contributed by atoms with Gasteiger partial charge in [-0.25, -0.2) is 19.6 Å². The first kappa shape index (κ1) is 15.8. The van der Waals surface area contributed by atoms with Gasteiger partial charge in [-0.3, -0.25) is 0 Å². The molecule has 0 amide bonds. The molecule has 0 aromatic heterocycles. The minimum atomic E-state index is -0.545. The van der Waals surface area contributed by atoms with Crippen molar-refractivity contribution in [3.63, 3.8) is 0 Å². The molecule has 97 valence electrons. The van der Waals surface area contributed by atoms with Gasteiger partial charge in [0.05, 0.1) is 11.2 Å². The van der Waals surface area contributed by atoms with Crippen LogP contribution in [0.3, 0.4) is 0 Å². The Bertz CT molecular complexity index is 160. The van der Waals surface area contributed by atoms with Crippen LogP contribution in [0.5, 0.6) is 0 Å². The van der Waals surface area contributed by atoms with Crippen LogP contribution >= 0.6 is 0 Å². The van der Waals surface area contributed by atoms with Crippen LogP contribution in [-0.2, 0) is 19.6 Å². The molecule has 0 spiro atoms. The van der Waals surface area contributed by atoms with Crippen molar-refractivity contribution in [3.8, 4) is 0 Å². The predicted molar refractivity (Wildman–Crippen MR) is 62.2 cm³/mol. The van der Waals surface area contributed by atoms with E-state index < -0.39 is 6.29 Å². The largest absolute Gasteiger partial charge is 0.228 e. The molecule has 4 nitrogen and oxygen atoms in total. The monoisotopic (exact) mass is 233 g/mol. The fourth-order valence-electron chi connectivity index (χ4n) is 0.675. The first-order chi connectivity index (χ1) is 7.14. The smallest absolute Gasteiger partial charge is 0.224 e. The van der Waals surface area contributed by atoms with E-state index in [1.807, 2.05) is 41.5 Å². The third-order valence-corrected chi connectivity index (χ3v) is 1.25. The van der Waals surface area contributed by atoms with E-state index in [0.29, 0.717) is 12.8 Å². The Balaban J connectivity index is 3.98. The van der Waals surface area contributed by atoms with Gasteiger partial charge in [0.1, 0.15) is 0 Å². The Morgan fingerprint density at radius 1 is 0.875 bits per heavy atom. The number of hydrogen-bond acceptors (Lipinski definition) is 4. The SMILES string of the molecule is [CH2]CCC(OOC(C)(C)C)OOC(C)(C)C. The highest BCUT2D eigenvalue weighted by Gasteiger charge is 2.20. The van der Waals surface area contributed by atoms with E-state index in [9.17, 15) is 0 Å². The van der Waals surface area contributed by atoms with E-state index in [0.717, 1.165) is 0 Å². The van der Waals surface area contributed by atoms with Crippen molar-refractivity contribution >= 4 is 0 Å². The standard InChI is InChI=1S/C12H25O4/c1-8-9-10(13-15-11(2,3)4)14-16-12(5,6)7/h10H,1,8-9H2,2-7H3. The van der Waals surface area contributed by atoms with Crippen LogP contribution in [0.2, 0.25) is 0 Å². The third-order valence-electron chi connectivity index (χ3n) is 1.25. The molecular formula is C12H25O4. The van der Waals surface area contributed by atoms with E-state index in [4.69, 9.17) is 19.6 Å². The van der Waals surface area contributed by atoms with Gasteiger partial charge in [-0.2, -0.15) is 0 Å². The quantitative estimate of drug-likeness (QED) is 0.400. The fraction of sp³-hybridized carbons (Fsp3) is 0.917. The highest BCUT2D eigenvalue weighted by molar-refractivity contribution is 4.56. The third kappa shape index (κ3) is 10.4. The van der Waals surface area contributed by atoms with Gasteiger partial charge in [0.2, 0.25) is 6.29 Å². The molecule has 0 bridgehead atoms. The maximum atomic E-state index is 5.18. The Morgan fingerprint density at radius 2 is 1.25 bits per heavy atom. The zero-order valence-electron chi connectivity index (χ0n) is 11.3. The van der Waals surface area contributed by atoms with Gasteiger partial charge < -0.3 is 0 Å². The van der Waals surface area contributed by atoms with Gasteiger partial charge in [0, 0.05) is 6.42 Å². The maximum Gasteiger partial charge on any atom is 0.224 e. The minimum absolute atomic E-state index is 0.371. The van der Waals surface area contributed by atoms with Gasteiger partial charge >= 0.3 is 0 Å². The van der Waals surface area contributed by atoms with Crippen molar-refractivity contribution in [1.82, 2.24) is 0 Å². The number of rotatable bonds is 6. The zero-order valence-corrected chi connectivity index (χ0v) is 11.3. The Hall–Kier alpha value is -0.160. The molecule has 0 atom stereocenters. The van der Waals surface area contributed by atoms with Crippen molar-refractivity contribution in [2.45, 2.75) is 71.9 Å². The molecule has 0 unspecified atom stereocenters. The van der Waals surface area contributed by atoms with E-state index in [2.05, 4.69) is 6.92 Å². The summed E-state index contributed by atoms with van der Waals surface area (Å²) in [7, 11) is 0. The minimum Gasteiger partial charge on any atom is -0.228 e. The van der Waals surface area contributed by atoms with Crippen molar-refractivity contribution < 1.29 is 19.6 Å². The molecule has 0 rings (SSSR count). The van der Waals surface area contributed by atoms with Gasteiger partial charge in [-0.1, -0.05) is 6.92 Å². The van der Waals surface area contributed by atoms with E-state index in [-0.39, 0.29) is 11.2 Å². The summed E-state index contributed by atoms with van der Waals surface area (Å²) in [5, 5.41) is 0. The molecule has 0 aliphatic heterocycles. The van der Waals surface area contributed by atoms with Gasteiger partial charge in [0.15, 0.2) is 0 Å². The van der Waals surface area contributed by atoms with Gasteiger partial charge in [-0.15, -0.1) is 0 Å². The molecule has 0 aromatic carbocycles. The van der Waals surface area contributed by atoms with Crippen LogP contribution in [0.25, 0.3) is 0 Å². The average molecular weight is 233 g/mol. The first-order valence-corrected chi connectivity index (χ1v) is 5.62. The highest BCUT2D eigenvalue weighted by Crippen LogP contribution is 2.16. The average Bonchev–Trinajstić information content (AvgIpc) is 2.07. The molecule has 0 aliphatic carbocycles. The van der Waals surface area contributed by atoms with E-state index in [1.54, 1.807) is 0 Å². The molecule has 0 N–H and O–H groups in total. The summed E-state index contributed by atoms with van der Waals surface area (Å²) in [4.78, 5) is 20.7. The molecule has 0 aromatic rings. The lowest BCUT2D eigenvalue weighted by Crippen LogP contribution is -2.29. The Morgan fingerprint density at radius 3 is 1.50 bits per heavy atom. The lowest BCUT2D eigenvalue weighted by molar-refractivity contribution is -0.497. The predicted octanol–water partition coefficient (Wildman–Crippen LogP) is 3.42. The summed E-state index contributed by atoms with van der Waals surface area (Å²) in [6.45, 7) is 15.2. The van der Waals surface area contributed by atoms with Crippen molar-refractivity contribution in [1.29, 1.82) is 0 Å². The number of hydrogen-bond donors (Lipinski definition) is 0. The summed E-state index contributed by atoms with van der Waals surface area (Å²) in [5.74, 6) is 0. The lowest BCUT2D eigenvalue weighted by atomic mass is 10.2. The normalized spacial score (nSPS) is 13.5. The lowest BCUT2D eigenvalue weighted by Gasteiger charge is -2.25. The molecule has 0 saturated carbocycles. The molecule has 4 heteroatoms. The summed E-state index contributed by atoms with van der Waals surface area (Å²) >= 11 is 0. The highest BCUT2D eigenvalue weighted by atomic mass is 17.3. The Kier molecular flexibility index (Phi) is 6.48. The van der Waals surface area contributed by atoms with Crippen LogP contribution in [0.4, 0.5) is 0 Å². The first-order valence-electron chi connectivity index (χ1n) is 5.62. The molecule has 0 heterocycles. The summed E-state index contributed by atoms with van der Waals surface area (Å²) in [6, 6.07) is 0.